The second kappa shape index (κ2) is 19.8. The maximum absolute atomic E-state index is 12.0. The fourth-order valence-electron chi connectivity index (χ4n) is 6.39. The summed E-state index contributed by atoms with van der Waals surface area (Å²) in [5.41, 5.74) is 0.0894. The van der Waals surface area contributed by atoms with Crippen molar-refractivity contribution in [3.8, 4) is 11.5 Å². The van der Waals surface area contributed by atoms with Crippen LogP contribution in [0.25, 0.3) is 0 Å². The van der Waals surface area contributed by atoms with E-state index in [1.54, 1.807) is 0 Å². The van der Waals surface area contributed by atoms with Gasteiger partial charge in [-0.05, 0) is 67.8 Å². The van der Waals surface area contributed by atoms with Gasteiger partial charge in [0.05, 0.1) is 12.8 Å². The topological polar surface area (TPSA) is 66.8 Å². The van der Waals surface area contributed by atoms with E-state index in [-0.39, 0.29) is 17.1 Å². The van der Waals surface area contributed by atoms with Crippen molar-refractivity contribution >= 4 is 29.1 Å². The molecule has 4 aromatic carbocycles. The van der Waals surface area contributed by atoms with Crippen molar-refractivity contribution in [1.29, 1.82) is 0 Å². The van der Waals surface area contributed by atoms with Crippen LogP contribution < -0.4 is 15.9 Å². The Morgan fingerprint density at radius 2 is 0.891 bits per heavy atom. The Labute approximate surface area is 277 Å². The van der Waals surface area contributed by atoms with Gasteiger partial charge in [0.25, 0.3) is 0 Å². The Balaban J connectivity index is 1.05. The first-order valence-electron chi connectivity index (χ1n) is 17.4. The van der Waals surface area contributed by atoms with Gasteiger partial charge in [-0.25, -0.2) is 4.79 Å². The van der Waals surface area contributed by atoms with Crippen LogP contribution in [-0.4, -0.2) is 29.0 Å². The number of unbranched alkanes of at least 4 members (excludes halogenated alkanes) is 13. The fourth-order valence-corrected chi connectivity index (χ4v) is 10.8. The van der Waals surface area contributed by atoms with Crippen LogP contribution in [0.2, 0.25) is 0 Å². The molecule has 0 amide bonds. The highest BCUT2D eigenvalue weighted by Crippen LogP contribution is 2.56. The normalized spacial score (nSPS) is 11.4. The van der Waals surface area contributed by atoms with Gasteiger partial charge in [-0.2, -0.15) is 0 Å². The molecule has 0 aliphatic heterocycles. The Hall–Kier alpha value is -3.62. The van der Waals surface area contributed by atoms with E-state index in [1.807, 2.05) is 0 Å². The molecule has 5 heteroatoms. The predicted octanol–water partition coefficient (Wildman–Crippen LogP) is 9.71. The van der Waals surface area contributed by atoms with Crippen molar-refractivity contribution in [1.82, 2.24) is 0 Å². The molecule has 0 aromatic heterocycles. The van der Waals surface area contributed by atoms with Crippen LogP contribution >= 0.6 is 7.26 Å². The second-order valence-electron chi connectivity index (χ2n) is 12.3. The average Bonchev–Trinajstić information content (AvgIpc) is 3.09. The first kappa shape index (κ1) is 35.2. The number of hydrogen-bond donors (Lipinski definition) is 2. The maximum Gasteiger partial charge on any atom is 0.341 e. The molecular weight excluding hydrogens is 587 g/mol. The van der Waals surface area contributed by atoms with Gasteiger partial charge in [0.2, 0.25) is 0 Å². The molecule has 4 rings (SSSR count). The molecule has 0 heterocycles. The van der Waals surface area contributed by atoms with Crippen LogP contribution in [0.1, 0.15) is 100 Å². The average molecular weight is 640 g/mol. The van der Waals surface area contributed by atoms with Gasteiger partial charge < -0.3 is 14.9 Å². The smallest absolute Gasteiger partial charge is 0.341 e. The van der Waals surface area contributed by atoms with E-state index in [1.165, 1.54) is 105 Å². The molecule has 0 bridgehead atoms. The Kier molecular flexibility index (Phi) is 15.2. The summed E-state index contributed by atoms with van der Waals surface area (Å²) in [5, 5.41) is 23.6. The highest BCUT2D eigenvalue weighted by Gasteiger charge is 2.44. The quantitative estimate of drug-likeness (QED) is 0.0541. The van der Waals surface area contributed by atoms with Crippen LogP contribution in [0, 0.1) is 0 Å². The van der Waals surface area contributed by atoms with Crippen LogP contribution in [0.5, 0.6) is 11.5 Å². The summed E-state index contributed by atoms with van der Waals surface area (Å²) in [4.78, 5) is 12.0. The van der Waals surface area contributed by atoms with Crippen molar-refractivity contribution in [3.63, 3.8) is 0 Å². The zero-order valence-corrected chi connectivity index (χ0v) is 28.3. The molecule has 0 aliphatic carbocycles. The van der Waals surface area contributed by atoms with Crippen LogP contribution in [0.3, 0.4) is 0 Å². The van der Waals surface area contributed by atoms with Crippen molar-refractivity contribution < 1.29 is 19.7 Å². The molecule has 0 fully saturated rings. The Morgan fingerprint density at radius 1 is 0.500 bits per heavy atom. The van der Waals surface area contributed by atoms with Gasteiger partial charge in [0, 0.05) is 6.07 Å². The zero-order valence-electron chi connectivity index (χ0n) is 27.4. The molecule has 0 atom stereocenters. The number of benzene rings is 4. The van der Waals surface area contributed by atoms with E-state index in [4.69, 9.17) is 4.74 Å². The number of phenolic OH excluding ortho intramolecular Hbond substituents is 2. The molecule has 244 valence electrons. The molecule has 0 unspecified atom stereocenters. The molecule has 0 radical (unpaired) electrons. The minimum Gasteiger partial charge on any atom is -0.508 e. The van der Waals surface area contributed by atoms with Crippen molar-refractivity contribution in [2.45, 2.75) is 89.9 Å². The molecule has 0 saturated carbocycles. The third-order valence-corrected chi connectivity index (χ3v) is 13.4. The van der Waals surface area contributed by atoms with Crippen LogP contribution in [0.15, 0.2) is 109 Å². The number of phenols is 2. The van der Waals surface area contributed by atoms with Gasteiger partial charge in [0.15, 0.2) is 0 Å². The Bertz CT molecular complexity index is 1310. The number of rotatable bonds is 21. The largest absolute Gasteiger partial charge is 0.508 e. The van der Waals surface area contributed by atoms with E-state index < -0.39 is 13.2 Å². The van der Waals surface area contributed by atoms with E-state index >= 15 is 0 Å². The lowest BCUT2D eigenvalue weighted by Crippen LogP contribution is -2.33. The summed E-state index contributed by atoms with van der Waals surface area (Å²) in [6.45, 7) is 0.356. The first-order chi connectivity index (χ1) is 22.6. The lowest BCUT2D eigenvalue weighted by Gasteiger charge is -2.27. The summed E-state index contributed by atoms with van der Waals surface area (Å²) in [7, 11) is -1.70. The number of ether oxygens (including phenoxy) is 1. The van der Waals surface area contributed by atoms with Gasteiger partial charge in [-0.1, -0.05) is 125 Å². The number of hydrogen-bond acceptors (Lipinski definition) is 4. The van der Waals surface area contributed by atoms with E-state index in [2.05, 4.69) is 91.0 Å². The molecule has 4 aromatic rings. The first-order valence-corrected chi connectivity index (χ1v) is 19.3. The number of esters is 1. The number of aromatic hydroxyl groups is 2. The molecule has 46 heavy (non-hydrogen) atoms. The second-order valence-corrected chi connectivity index (χ2v) is 15.9. The Morgan fingerprint density at radius 3 is 1.30 bits per heavy atom. The van der Waals surface area contributed by atoms with Gasteiger partial charge in [0.1, 0.15) is 40.2 Å². The SMILES string of the molecule is O=C(OCCCCCCCCCCCCCCCC[P+](c1ccccc1)(c1ccccc1)c1ccccc1)c1ccc(O)cc1O. The summed E-state index contributed by atoms with van der Waals surface area (Å²) in [6, 6.07) is 37.6. The van der Waals surface area contributed by atoms with Crippen LogP contribution in [0.4, 0.5) is 0 Å². The minimum atomic E-state index is -1.70. The highest BCUT2D eigenvalue weighted by molar-refractivity contribution is 7.95. The molecule has 2 N–H and O–H groups in total. The molecule has 0 aliphatic rings. The van der Waals surface area contributed by atoms with Crippen molar-refractivity contribution in [2.24, 2.45) is 0 Å². The molecule has 4 nitrogen and oxygen atoms in total. The van der Waals surface area contributed by atoms with Gasteiger partial charge >= 0.3 is 5.97 Å². The molecule has 0 saturated heterocycles. The fraction of sp³-hybridized carbons (Fsp3) is 0.390. The monoisotopic (exact) mass is 639 g/mol. The van der Waals surface area contributed by atoms with Gasteiger partial charge in [-0.15, -0.1) is 0 Å². The number of carbonyl (C=O) groups excluding carboxylic acids is 1. The summed E-state index contributed by atoms with van der Waals surface area (Å²) >= 11 is 0. The predicted molar refractivity (Wildman–Crippen MR) is 195 cm³/mol. The third kappa shape index (κ3) is 10.7. The standard InChI is InChI=1S/C41H51O4P/c42-35-30-31-39(40(43)34-35)41(44)45-32-22-11-9-7-5-3-1-2-4-6-8-10-12-23-33-46(36-24-16-13-17-25-36,37-26-18-14-19-27-37)38-28-20-15-21-29-38/h13-21,24-31,34H,1-12,22-23,32-33H2,(H-,42,43,44)/p+1. The van der Waals surface area contributed by atoms with E-state index in [0.717, 1.165) is 25.3 Å². The van der Waals surface area contributed by atoms with E-state index in [9.17, 15) is 15.0 Å². The zero-order chi connectivity index (χ0) is 32.3. The van der Waals surface area contributed by atoms with Crippen molar-refractivity contribution in [3.05, 3.63) is 115 Å². The molecule has 0 spiro atoms. The lowest BCUT2D eigenvalue weighted by atomic mass is 10.0. The third-order valence-electron chi connectivity index (χ3n) is 8.91. The van der Waals surface area contributed by atoms with Crippen molar-refractivity contribution in [2.75, 3.05) is 12.8 Å². The maximum atomic E-state index is 12.0. The molecular formula is C41H52O4P+. The summed E-state index contributed by atoms with van der Waals surface area (Å²) < 4.78 is 5.25. The summed E-state index contributed by atoms with van der Waals surface area (Å²) in [5.74, 6) is -0.879. The minimum absolute atomic E-state index is 0.0780. The van der Waals surface area contributed by atoms with Gasteiger partial charge in [-0.3, -0.25) is 0 Å². The number of carbonyl (C=O) groups is 1. The summed E-state index contributed by atoms with van der Waals surface area (Å²) in [6.07, 6.45) is 18.6. The van der Waals surface area contributed by atoms with Crippen LogP contribution in [-0.2, 0) is 4.74 Å². The van der Waals surface area contributed by atoms with E-state index in [0.29, 0.717) is 6.61 Å². The highest BCUT2D eigenvalue weighted by atomic mass is 31.2. The lowest BCUT2D eigenvalue weighted by molar-refractivity contribution is 0.0494.